The summed E-state index contributed by atoms with van der Waals surface area (Å²) in [6, 6.07) is 8.48. The average Bonchev–Trinajstić information content (AvgIpc) is 2.82. The topological polar surface area (TPSA) is 12.9 Å². The van der Waals surface area contributed by atoms with Crippen molar-refractivity contribution in [1.29, 1.82) is 0 Å². The molecule has 0 saturated heterocycles. The Hall–Kier alpha value is -1.15. The van der Waals surface area contributed by atoms with E-state index in [1.165, 1.54) is 16.0 Å². The van der Waals surface area contributed by atoms with E-state index in [1.807, 2.05) is 33.2 Å². The molecular formula is C15H23NS. The van der Waals surface area contributed by atoms with Crippen molar-refractivity contribution in [2.45, 2.75) is 41.5 Å². The Morgan fingerprint density at radius 3 is 1.82 bits per heavy atom. The minimum absolute atomic E-state index is 1.12. The van der Waals surface area contributed by atoms with E-state index in [0.717, 1.165) is 5.69 Å². The van der Waals surface area contributed by atoms with Crippen LogP contribution < -0.4 is 0 Å². The highest BCUT2D eigenvalue weighted by Gasteiger charge is 2.03. The van der Waals surface area contributed by atoms with Crippen LogP contribution >= 0.6 is 11.3 Å². The molecule has 1 heterocycles. The summed E-state index contributed by atoms with van der Waals surface area (Å²) < 4.78 is 0. The van der Waals surface area contributed by atoms with Crippen molar-refractivity contribution in [2.75, 3.05) is 0 Å². The maximum absolute atomic E-state index is 4.33. The van der Waals surface area contributed by atoms with Crippen LogP contribution in [0.3, 0.4) is 0 Å². The smallest absolute Gasteiger partial charge is 0.0840 e. The summed E-state index contributed by atoms with van der Waals surface area (Å²) >= 11 is 1.69. The number of hydrogen-bond donors (Lipinski definition) is 0. The zero-order valence-corrected chi connectivity index (χ0v) is 12.6. The highest BCUT2D eigenvalue weighted by Crippen LogP contribution is 2.24. The Labute approximate surface area is 110 Å². The van der Waals surface area contributed by atoms with Crippen LogP contribution in [0.1, 0.15) is 38.1 Å². The largest absolute Gasteiger partial charge is 0.244 e. The van der Waals surface area contributed by atoms with Gasteiger partial charge >= 0.3 is 0 Å². The van der Waals surface area contributed by atoms with Gasteiger partial charge in [-0.15, -0.1) is 11.3 Å². The van der Waals surface area contributed by atoms with E-state index in [9.17, 15) is 0 Å². The first-order valence-corrected chi connectivity index (χ1v) is 7.12. The zero-order valence-electron chi connectivity index (χ0n) is 11.7. The van der Waals surface area contributed by atoms with Crippen LogP contribution in [0.25, 0.3) is 11.3 Å². The van der Waals surface area contributed by atoms with Crippen LogP contribution in [0, 0.1) is 13.8 Å². The molecule has 0 unspecified atom stereocenters. The quantitative estimate of drug-likeness (QED) is 0.652. The summed E-state index contributed by atoms with van der Waals surface area (Å²) in [5.74, 6) is 0. The molecule has 17 heavy (non-hydrogen) atoms. The molecule has 94 valence electrons. The number of nitrogens with zero attached hydrogens (tertiary/aromatic N) is 1. The molecule has 0 aliphatic rings. The lowest BCUT2D eigenvalue weighted by Gasteiger charge is -1.98. The molecule has 2 aromatic rings. The van der Waals surface area contributed by atoms with Gasteiger partial charge in [0.25, 0.3) is 0 Å². The van der Waals surface area contributed by atoms with E-state index >= 15 is 0 Å². The third kappa shape index (κ3) is 4.70. The summed E-state index contributed by atoms with van der Waals surface area (Å²) in [5.41, 5.74) is 5.51. The molecule has 2 heteroatoms. The van der Waals surface area contributed by atoms with Gasteiger partial charge in [-0.1, -0.05) is 57.5 Å². The first-order chi connectivity index (χ1) is 8.27. The van der Waals surface area contributed by atoms with Gasteiger partial charge in [0.2, 0.25) is 0 Å². The van der Waals surface area contributed by atoms with Crippen molar-refractivity contribution < 1.29 is 0 Å². The Bertz CT molecular complexity index is 401. The lowest BCUT2D eigenvalue weighted by molar-refractivity contribution is 1.36. The summed E-state index contributed by atoms with van der Waals surface area (Å²) in [7, 11) is 0. The summed E-state index contributed by atoms with van der Waals surface area (Å²) in [4.78, 5) is 5.62. The molecule has 0 atom stereocenters. The molecular weight excluding hydrogens is 226 g/mol. The Morgan fingerprint density at radius 1 is 0.882 bits per heavy atom. The van der Waals surface area contributed by atoms with E-state index in [-0.39, 0.29) is 0 Å². The first kappa shape index (κ1) is 15.9. The predicted octanol–water partition coefficient (Wildman–Crippen LogP) is 5.48. The van der Waals surface area contributed by atoms with Crippen molar-refractivity contribution in [2.24, 2.45) is 0 Å². The molecule has 0 spiro atoms. The molecule has 2 rings (SSSR count). The maximum Gasteiger partial charge on any atom is 0.0840 e. The van der Waals surface area contributed by atoms with Gasteiger partial charge in [0, 0.05) is 10.4 Å². The number of hydrogen-bond acceptors (Lipinski definition) is 2. The second-order valence-electron chi connectivity index (χ2n) is 3.12. The van der Waals surface area contributed by atoms with Gasteiger partial charge in [-0.2, -0.15) is 0 Å². The number of aryl methyl sites for hydroxylation is 2. The van der Waals surface area contributed by atoms with Gasteiger partial charge in [0.1, 0.15) is 0 Å². The number of thiazole rings is 1. The SMILES string of the molecule is CC.CC.Cc1ccc(-c2ncsc2C)cc1. The highest BCUT2D eigenvalue weighted by atomic mass is 32.1. The molecule has 0 amide bonds. The fraction of sp³-hybridized carbons (Fsp3) is 0.400. The molecule has 0 radical (unpaired) electrons. The van der Waals surface area contributed by atoms with Crippen molar-refractivity contribution in [3.05, 3.63) is 40.2 Å². The number of rotatable bonds is 1. The van der Waals surface area contributed by atoms with E-state index in [4.69, 9.17) is 0 Å². The number of aromatic nitrogens is 1. The molecule has 1 aromatic carbocycles. The van der Waals surface area contributed by atoms with E-state index in [1.54, 1.807) is 11.3 Å². The van der Waals surface area contributed by atoms with Crippen molar-refractivity contribution in [1.82, 2.24) is 4.98 Å². The Morgan fingerprint density at radius 2 is 1.41 bits per heavy atom. The first-order valence-electron chi connectivity index (χ1n) is 6.24. The summed E-state index contributed by atoms with van der Waals surface area (Å²) in [6.07, 6.45) is 0. The maximum atomic E-state index is 4.33. The van der Waals surface area contributed by atoms with Gasteiger partial charge in [-0.25, -0.2) is 4.98 Å². The number of benzene rings is 1. The molecule has 0 aliphatic heterocycles. The molecule has 1 nitrogen and oxygen atoms in total. The van der Waals surface area contributed by atoms with Crippen molar-refractivity contribution in [3.8, 4) is 11.3 Å². The molecule has 0 fully saturated rings. The van der Waals surface area contributed by atoms with E-state index in [2.05, 4.69) is 43.1 Å². The van der Waals surface area contributed by atoms with Crippen LogP contribution in [-0.2, 0) is 0 Å². The van der Waals surface area contributed by atoms with Gasteiger partial charge < -0.3 is 0 Å². The van der Waals surface area contributed by atoms with Crippen molar-refractivity contribution in [3.63, 3.8) is 0 Å². The predicted molar refractivity (Wildman–Crippen MR) is 79.7 cm³/mol. The second-order valence-corrected chi connectivity index (χ2v) is 4.18. The third-order valence-electron chi connectivity index (χ3n) is 2.07. The van der Waals surface area contributed by atoms with Gasteiger partial charge in [-0.3, -0.25) is 0 Å². The van der Waals surface area contributed by atoms with Crippen molar-refractivity contribution >= 4 is 11.3 Å². The minimum atomic E-state index is 1.12. The molecule has 0 N–H and O–H groups in total. The second kappa shape index (κ2) is 8.94. The van der Waals surface area contributed by atoms with Crippen LogP contribution in [0.4, 0.5) is 0 Å². The fourth-order valence-corrected chi connectivity index (χ4v) is 1.89. The Kier molecular flexibility index (Phi) is 8.34. The van der Waals surface area contributed by atoms with Crippen LogP contribution in [-0.4, -0.2) is 4.98 Å². The lowest BCUT2D eigenvalue weighted by atomic mass is 10.1. The fourth-order valence-electron chi connectivity index (χ4n) is 1.29. The Balaban J connectivity index is 0.000000581. The van der Waals surface area contributed by atoms with Gasteiger partial charge in [0.15, 0.2) is 0 Å². The molecule has 1 aromatic heterocycles. The minimum Gasteiger partial charge on any atom is -0.244 e. The molecule has 0 aliphatic carbocycles. The van der Waals surface area contributed by atoms with Gasteiger partial charge in [-0.05, 0) is 13.8 Å². The lowest BCUT2D eigenvalue weighted by Crippen LogP contribution is -1.80. The standard InChI is InChI=1S/C11H11NS.2C2H6/c1-8-3-5-10(6-4-8)11-9(2)13-7-12-11;2*1-2/h3-7H,1-2H3;2*1-2H3. The summed E-state index contributed by atoms with van der Waals surface area (Å²) in [6.45, 7) is 12.2. The zero-order chi connectivity index (χ0) is 13.3. The molecule has 0 saturated carbocycles. The van der Waals surface area contributed by atoms with Crippen LogP contribution in [0.5, 0.6) is 0 Å². The average molecular weight is 249 g/mol. The van der Waals surface area contributed by atoms with Gasteiger partial charge in [0.05, 0.1) is 11.2 Å². The van der Waals surface area contributed by atoms with E-state index in [0.29, 0.717) is 0 Å². The molecule has 0 bridgehead atoms. The third-order valence-corrected chi connectivity index (χ3v) is 2.83. The summed E-state index contributed by atoms with van der Waals surface area (Å²) in [5, 5.41) is 0. The monoisotopic (exact) mass is 249 g/mol. The highest BCUT2D eigenvalue weighted by molar-refractivity contribution is 7.10. The normalized spacial score (nSPS) is 8.59. The van der Waals surface area contributed by atoms with Crippen LogP contribution in [0.15, 0.2) is 29.8 Å². The van der Waals surface area contributed by atoms with Crippen LogP contribution in [0.2, 0.25) is 0 Å². The van der Waals surface area contributed by atoms with E-state index < -0.39 is 0 Å².